The Morgan fingerprint density at radius 2 is 2.04 bits per heavy atom. The maximum atomic E-state index is 15.9. The fraction of sp³-hybridized carbons (Fsp3) is 0.727. The third kappa shape index (κ3) is 2.44. The molecule has 4 rings (SSSR count). The van der Waals surface area contributed by atoms with E-state index in [1.807, 2.05) is 13.0 Å². The summed E-state index contributed by atoms with van der Waals surface area (Å²) >= 11 is 7.21. The van der Waals surface area contributed by atoms with Crippen molar-refractivity contribution < 1.29 is 18.7 Å². The van der Waals surface area contributed by atoms with E-state index in [0.29, 0.717) is 12.8 Å². The van der Waals surface area contributed by atoms with Gasteiger partial charge in [-0.1, -0.05) is 32.4 Å². The first-order valence-electron chi connectivity index (χ1n) is 10.1. The zero-order valence-corrected chi connectivity index (χ0v) is 17.0. The molecule has 3 fully saturated rings. The maximum Gasteiger partial charge on any atom is 0.305 e. The number of fused-ring (bicyclic) bond motifs is 5. The van der Waals surface area contributed by atoms with Crippen LogP contribution in [0.2, 0.25) is 0 Å². The molecule has 0 heterocycles. The molecule has 5 heteroatoms. The number of carbonyl (C=O) groups excluding carboxylic acids is 2. The van der Waals surface area contributed by atoms with Crippen molar-refractivity contribution in [2.45, 2.75) is 76.4 Å². The van der Waals surface area contributed by atoms with E-state index in [4.69, 9.17) is 16.3 Å². The van der Waals surface area contributed by atoms with Crippen LogP contribution in [0.4, 0.5) is 4.39 Å². The second kappa shape index (κ2) is 6.17. The highest BCUT2D eigenvalue weighted by atomic mass is 35.5. The Balaban J connectivity index is 1.72. The average molecular weight is 395 g/mol. The lowest BCUT2D eigenvalue weighted by Crippen LogP contribution is -2.65. The van der Waals surface area contributed by atoms with Crippen LogP contribution in [0.5, 0.6) is 0 Å². The number of hydrogen-bond donors (Lipinski definition) is 0. The van der Waals surface area contributed by atoms with Gasteiger partial charge in [-0.3, -0.25) is 9.59 Å². The first-order chi connectivity index (χ1) is 12.7. The fourth-order valence-electron chi connectivity index (χ4n) is 6.53. The Bertz CT molecular complexity index is 746. The van der Waals surface area contributed by atoms with E-state index in [1.165, 1.54) is 6.08 Å². The number of allylic oxidation sites excluding steroid dienone is 4. The Morgan fingerprint density at radius 3 is 2.74 bits per heavy atom. The van der Waals surface area contributed by atoms with Crippen molar-refractivity contribution >= 4 is 23.4 Å². The van der Waals surface area contributed by atoms with Gasteiger partial charge in [-0.05, 0) is 56.1 Å². The largest absolute Gasteiger partial charge is 0.462 e. The maximum absolute atomic E-state index is 15.9. The molecule has 0 aliphatic heterocycles. The molecule has 3 saturated carbocycles. The monoisotopic (exact) mass is 394 g/mol. The van der Waals surface area contributed by atoms with E-state index >= 15 is 4.39 Å². The molecule has 148 valence electrons. The molecule has 7 atom stereocenters. The highest BCUT2D eigenvalue weighted by Crippen LogP contribution is 2.69. The topological polar surface area (TPSA) is 43.4 Å². The quantitative estimate of drug-likeness (QED) is 0.493. The molecule has 0 N–H and O–H groups in total. The second-order valence-corrected chi connectivity index (χ2v) is 9.84. The molecule has 0 aromatic rings. The van der Waals surface area contributed by atoms with Crippen LogP contribution in [0.15, 0.2) is 23.8 Å². The number of ketones is 1. The van der Waals surface area contributed by atoms with E-state index in [0.717, 1.165) is 31.3 Å². The smallest absolute Gasteiger partial charge is 0.305 e. The second-order valence-electron chi connectivity index (χ2n) is 9.21. The van der Waals surface area contributed by atoms with Crippen molar-refractivity contribution in [2.75, 3.05) is 0 Å². The van der Waals surface area contributed by atoms with Gasteiger partial charge in [0.15, 0.2) is 5.78 Å². The molecular weight excluding hydrogens is 367 g/mol. The summed E-state index contributed by atoms with van der Waals surface area (Å²) in [6.45, 7) is 5.85. The van der Waals surface area contributed by atoms with Crippen molar-refractivity contribution in [3.05, 3.63) is 23.8 Å². The Labute approximate surface area is 165 Å². The molecule has 0 unspecified atom stereocenters. The van der Waals surface area contributed by atoms with Gasteiger partial charge in [-0.25, -0.2) is 4.39 Å². The SMILES string of the molecule is CCC(=O)O[C@@H]1CC[C@H]2[C@@H]3CCC4=CC(=O)C=C[C@]4(C)[C@@]3(Cl)[C@H](F)C[C@]12C. The molecule has 0 amide bonds. The number of halogens is 2. The third-order valence-corrected chi connectivity index (χ3v) is 8.98. The number of esters is 1. The molecular formula is C22H28ClFO3. The normalized spacial score (nSPS) is 48.3. The van der Waals surface area contributed by atoms with Gasteiger partial charge >= 0.3 is 5.97 Å². The molecule has 3 nitrogen and oxygen atoms in total. The van der Waals surface area contributed by atoms with Crippen LogP contribution in [0.3, 0.4) is 0 Å². The molecule has 0 radical (unpaired) electrons. The summed E-state index contributed by atoms with van der Waals surface area (Å²) < 4.78 is 21.6. The van der Waals surface area contributed by atoms with Crippen molar-refractivity contribution in [2.24, 2.45) is 22.7 Å². The number of alkyl halides is 2. The summed E-state index contributed by atoms with van der Waals surface area (Å²) in [5, 5.41) is 0. The summed E-state index contributed by atoms with van der Waals surface area (Å²) in [4.78, 5) is 22.7. The lowest BCUT2D eigenvalue weighted by Gasteiger charge is -2.62. The van der Waals surface area contributed by atoms with Gasteiger partial charge in [0.25, 0.3) is 0 Å². The van der Waals surface area contributed by atoms with Gasteiger partial charge in [0, 0.05) is 17.3 Å². The van der Waals surface area contributed by atoms with Crippen LogP contribution >= 0.6 is 11.6 Å². The molecule has 4 aliphatic rings. The number of ether oxygens (including phenoxy) is 1. The highest BCUT2D eigenvalue weighted by molar-refractivity contribution is 6.26. The number of carbonyl (C=O) groups is 2. The van der Waals surface area contributed by atoms with Crippen LogP contribution in [-0.4, -0.2) is 28.9 Å². The van der Waals surface area contributed by atoms with E-state index in [9.17, 15) is 9.59 Å². The van der Waals surface area contributed by atoms with Crippen molar-refractivity contribution in [1.82, 2.24) is 0 Å². The predicted molar refractivity (Wildman–Crippen MR) is 102 cm³/mol. The van der Waals surface area contributed by atoms with Crippen LogP contribution < -0.4 is 0 Å². The zero-order valence-electron chi connectivity index (χ0n) is 16.3. The predicted octanol–water partition coefficient (Wildman–Crippen LogP) is 4.93. The summed E-state index contributed by atoms with van der Waals surface area (Å²) in [5.41, 5.74) is -0.0666. The summed E-state index contributed by atoms with van der Waals surface area (Å²) in [6, 6.07) is 0. The van der Waals surface area contributed by atoms with Crippen molar-refractivity contribution in [1.29, 1.82) is 0 Å². The van der Waals surface area contributed by atoms with Crippen LogP contribution in [0.25, 0.3) is 0 Å². The molecule has 0 aromatic heterocycles. The van der Waals surface area contributed by atoms with Gasteiger partial charge in [-0.15, -0.1) is 11.6 Å². The lowest BCUT2D eigenvalue weighted by molar-refractivity contribution is -0.161. The Morgan fingerprint density at radius 1 is 1.30 bits per heavy atom. The Kier molecular flexibility index (Phi) is 4.38. The van der Waals surface area contributed by atoms with E-state index in [-0.39, 0.29) is 35.1 Å². The minimum atomic E-state index is -1.22. The van der Waals surface area contributed by atoms with Gasteiger partial charge in [0.05, 0.1) is 4.87 Å². The minimum absolute atomic E-state index is 0.00162. The minimum Gasteiger partial charge on any atom is -0.462 e. The van der Waals surface area contributed by atoms with Gasteiger partial charge in [0.2, 0.25) is 0 Å². The highest BCUT2D eigenvalue weighted by Gasteiger charge is 2.70. The number of rotatable bonds is 2. The van der Waals surface area contributed by atoms with E-state index in [1.54, 1.807) is 13.0 Å². The van der Waals surface area contributed by atoms with Gasteiger partial charge in [-0.2, -0.15) is 0 Å². The molecule has 4 aliphatic carbocycles. The Hall–Kier alpha value is -1.16. The standard InChI is InChI=1S/C22H28ClFO3/c1-4-19(26)27-18-8-7-15-16-6-5-13-11-14(25)9-10-21(13,3)22(16,23)17(24)12-20(15,18)2/h9-11,15-18H,4-8,12H2,1-3H3/t15-,16-,17+,18+,20-,21-,22-/m0/s1. The van der Waals surface area contributed by atoms with Gasteiger partial charge in [0.1, 0.15) is 12.3 Å². The number of hydrogen-bond acceptors (Lipinski definition) is 3. The van der Waals surface area contributed by atoms with Crippen LogP contribution in [0, 0.1) is 22.7 Å². The summed E-state index contributed by atoms with van der Waals surface area (Å²) in [5.74, 6) is -0.0292. The lowest BCUT2D eigenvalue weighted by atomic mass is 9.47. The van der Waals surface area contributed by atoms with Gasteiger partial charge < -0.3 is 4.74 Å². The fourth-order valence-corrected chi connectivity index (χ4v) is 7.05. The first kappa shape index (κ1) is 19.2. The summed E-state index contributed by atoms with van der Waals surface area (Å²) in [7, 11) is 0. The summed E-state index contributed by atoms with van der Waals surface area (Å²) in [6.07, 6.45) is 7.43. The molecule has 27 heavy (non-hydrogen) atoms. The third-order valence-electron chi connectivity index (χ3n) is 8.07. The molecule has 0 aromatic carbocycles. The van der Waals surface area contributed by atoms with Crippen LogP contribution in [-0.2, 0) is 14.3 Å². The zero-order chi connectivity index (χ0) is 19.6. The van der Waals surface area contributed by atoms with Crippen LogP contribution in [0.1, 0.15) is 59.3 Å². The molecule has 0 spiro atoms. The van der Waals surface area contributed by atoms with Crippen molar-refractivity contribution in [3.63, 3.8) is 0 Å². The van der Waals surface area contributed by atoms with E-state index < -0.39 is 16.5 Å². The molecule has 0 bridgehead atoms. The van der Waals surface area contributed by atoms with E-state index in [2.05, 4.69) is 6.92 Å². The average Bonchev–Trinajstić information content (AvgIpc) is 2.93. The molecule has 0 saturated heterocycles. The van der Waals surface area contributed by atoms with Crippen molar-refractivity contribution in [3.8, 4) is 0 Å². The first-order valence-corrected chi connectivity index (χ1v) is 10.5.